The first-order valence-corrected chi connectivity index (χ1v) is 8.88. The van der Waals surface area contributed by atoms with Crippen molar-refractivity contribution in [2.45, 2.75) is 33.0 Å². The van der Waals surface area contributed by atoms with Crippen LogP contribution in [-0.2, 0) is 30.8 Å². The maximum absolute atomic E-state index is 12.3. The van der Waals surface area contributed by atoms with E-state index in [1.54, 1.807) is 18.7 Å². The summed E-state index contributed by atoms with van der Waals surface area (Å²) in [6.45, 7) is 4.78. The number of rotatable bonds is 7. The number of hydrogen-bond donors (Lipinski definition) is 1. The molecule has 0 fully saturated rings. The third kappa shape index (κ3) is 3.89. The van der Waals surface area contributed by atoms with Crippen molar-refractivity contribution in [3.63, 3.8) is 0 Å². The number of nitrogens with zero attached hydrogens (tertiary/aromatic N) is 3. The molecule has 0 bridgehead atoms. The van der Waals surface area contributed by atoms with Crippen LogP contribution in [-0.4, -0.2) is 52.6 Å². The Morgan fingerprint density at radius 3 is 2.73 bits per heavy atom. The monoisotopic (exact) mass is 359 g/mol. The zero-order chi connectivity index (χ0) is 18.5. The highest BCUT2D eigenvalue weighted by Gasteiger charge is 2.28. The summed E-state index contributed by atoms with van der Waals surface area (Å²) in [5, 5.41) is 13.7. The SMILES string of the molecule is CCOC(=O)c1nn(CCO)c2c1CN(Cc1ccc(OC)cc1)CC2. The van der Waals surface area contributed by atoms with Crippen molar-refractivity contribution in [3.8, 4) is 5.75 Å². The topological polar surface area (TPSA) is 76.8 Å². The smallest absolute Gasteiger partial charge is 0.359 e. The summed E-state index contributed by atoms with van der Waals surface area (Å²) < 4.78 is 12.1. The van der Waals surface area contributed by atoms with Crippen molar-refractivity contribution in [2.75, 3.05) is 26.9 Å². The summed E-state index contributed by atoms with van der Waals surface area (Å²) in [6.07, 6.45) is 0.790. The van der Waals surface area contributed by atoms with Gasteiger partial charge in [-0.3, -0.25) is 9.58 Å². The number of aliphatic hydroxyl groups excluding tert-OH is 1. The maximum Gasteiger partial charge on any atom is 0.359 e. The zero-order valence-electron chi connectivity index (χ0n) is 15.3. The summed E-state index contributed by atoms with van der Waals surface area (Å²) in [5.41, 5.74) is 3.49. The fourth-order valence-electron chi connectivity index (χ4n) is 3.31. The number of methoxy groups -OCH3 is 1. The molecule has 1 aliphatic rings. The molecule has 2 aromatic rings. The van der Waals surface area contributed by atoms with E-state index >= 15 is 0 Å². The number of carbonyl (C=O) groups excluding carboxylic acids is 1. The van der Waals surface area contributed by atoms with Crippen molar-refractivity contribution in [1.82, 2.24) is 14.7 Å². The highest BCUT2D eigenvalue weighted by Crippen LogP contribution is 2.25. The molecular formula is C19H25N3O4. The molecule has 7 heteroatoms. The van der Waals surface area contributed by atoms with Gasteiger partial charge in [-0.25, -0.2) is 4.79 Å². The molecule has 0 spiro atoms. The fraction of sp³-hybridized carbons (Fsp3) is 0.474. The van der Waals surface area contributed by atoms with E-state index in [0.717, 1.165) is 36.5 Å². The van der Waals surface area contributed by atoms with Gasteiger partial charge in [-0.05, 0) is 24.6 Å². The average molecular weight is 359 g/mol. The van der Waals surface area contributed by atoms with Crippen molar-refractivity contribution >= 4 is 5.97 Å². The minimum Gasteiger partial charge on any atom is -0.497 e. The quantitative estimate of drug-likeness (QED) is 0.757. The van der Waals surface area contributed by atoms with Gasteiger partial charge in [0.15, 0.2) is 5.69 Å². The Morgan fingerprint density at radius 2 is 2.08 bits per heavy atom. The van der Waals surface area contributed by atoms with Crippen LogP contribution in [0.1, 0.15) is 34.2 Å². The van der Waals surface area contributed by atoms with Crippen LogP contribution in [0, 0.1) is 0 Å². The van der Waals surface area contributed by atoms with Crippen LogP contribution in [0.25, 0.3) is 0 Å². The van der Waals surface area contributed by atoms with Crippen LogP contribution in [0.15, 0.2) is 24.3 Å². The van der Waals surface area contributed by atoms with Gasteiger partial charge in [-0.1, -0.05) is 12.1 Å². The van der Waals surface area contributed by atoms with Crippen LogP contribution in [0.4, 0.5) is 0 Å². The third-order valence-electron chi connectivity index (χ3n) is 4.56. The zero-order valence-corrected chi connectivity index (χ0v) is 15.3. The minimum absolute atomic E-state index is 0.00799. The van der Waals surface area contributed by atoms with Gasteiger partial charge in [-0.2, -0.15) is 5.10 Å². The van der Waals surface area contributed by atoms with Gasteiger partial charge < -0.3 is 14.6 Å². The van der Waals surface area contributed by atoms with E-state index in [1.807, 2.05) is 12.1 Å². The molecule has 1 N–H and O–H groups in total. The molecule has 0 amide bonds. The molecule has 26 heavy (non-hydrogen) atoms. The standard InChI is InChI=1S/C19H25N3O4/c1-3-26-19(24)18-16-13-21(9-8-17(16)22(20-18)10-11-23)12-14-4-6-15(25-2)7-5-14/h4-7,23H,3,8-13H2,1-2H3. The van der Waals surface area contributed by atoms with Gasteiger partial charge >= 0.3 is 5.97 Å². The molecule has 0 radical (unpaired) electrons. The van der Waals surface area contributed by atoms with Crippen molar-refractivity contribution in [2.24, 2.45) is 0 Å². The lowest BCUT2D eigenvalue weighted by atomic mass is 10.0. The van der Waals surface area contributed by atoms with E-state index in [0.29, 0.717) is 25.4 Å². The van der Waals surface area contributed by atoms with Crippen LogP contribution in [0.5, 0.6) is 5.75 Å². The number of ether oxygens (including phenoxy) is 2. The van der Waals surface area contributed by atoms with E-state index < -0.39 is 5.97 Å². The Balaban J connectivity index is 1.80. The molecule has 0 unspecified atom stereocenters. The van der Waals surface area contributed by atoms with Crippen LogP contribution < -0.4 is 4.74 Å². The molecule has 1 aromatic carbocycles. The summed E-state index contributed by atoms with van der Waals surface area (Å²) in [7, 11) is 1.65. The number of aliphatic hydroxyl groups is 1. The van der Waals surface area contributed by atoms with Crippen LogP contribution >= 0.6 is 0 Å². The van der Waals surface area contributed by atoms with Gasteiger partial charge in [0.25, 0.3) is 0 Å². The van der Waals surface area contributed by atoms with E-state index in [1.165, 1.54) is 5.56 Å². The second kappa shape index (κ2) is 8.33. The van der Waals surface area contributed by atoms with Gasteiger partial charge in [-0.15, -0.1) is 0 Å². The molecule has 1 aliphatic heterocycles. The van der Waals surface area contributed by atoms with Crippen LogP contribution in [0.3, 0.4) is 0 Å². The number of hydrogen-bond acceptors (Lipinski definition) is 6. The molecule has 0 saturated carbocycles. The molecule has 7 nitrogen and oxygen atoms in total. The Bertz CT molecular complexity index is 755. The lowest BCUT2D eigenvalue weighted by Crippen LogP contribution is -2.31. The van der Waals surface area contributed by atoms with E-state index in [9.17, 15) is 9.90 Å². The van der Waals surface area contributed by atoms with E-state index in [4.69, 9.17) is 9.47 Å². The lowest BCUT2D eigenvalue weighted by Gasteiger charge is -2.27. The molecule has 1 aromatic heterocycles. The fourth-order valence-corrected chi connectivity index (χ4v) is 3.31. The Morgan fingerprint density at radius 1 is 1.31 bits per heavy atom. The molecule has 2 heterocycles. The van der Waals surface area contributed by atoms with Crippen molar-refractivity contribution in [1.29, 1.82) is 0 Å². The van der Waals surface area contributed by atoms with Crippen molar-refractivity contribution < 1.29 is 19.4 Å². The summed E-state index contributed by atoms with van der Waals surface area (Å²) in [4.78, 5) is 14.6. The second-order valence-corrected chi connectivity index (χ2v) is 6.25. The summed E-state index contributed by atoms with van der Waals surface area (Å²) in [6, 6.07) is 8.01. The third-order valence-corrected chi connectivity index (χ3v) is 4.56. The first-order valence-electron chi connectivity index (χ1n) is 8.88. The average Bonchev–Trinajstić information content (AvgIpc) is 3.01. The number of aromatic nitrogens is 2. The molecule has 3 rings (SSSR count). The van der Waals surface area contributed by atoms with Gasteiger partial charge in [0.1, 0.15) is 5.75 Å². The first kappa shape index (κ1) is 18.4. The Hall–Kier alpha value is -2.38. The number of fused-ring (bicyclic) bond motifs is 1. The molecular weight excluding hydrogens is 334 g/mol. The van der Waals surface area contributed by atoms with Crippen molar-refractivity contribution in [3.05, 3.63) is 46.8 Å². The number of esters is 1. The Labute approximate surface area is 153 Å². The van der Waals surface area contributed by atoms with Gasteiger partial charge in [0.05, 0.1) is 26.9 Å². The van der Waals surface area contributed by atoms with Gasteiger partial charge in [0.2, 0.25) is 0 Å². The van der Waals surface area contributed by atoms with E-state index in [2.05, 4.69) is 22.1 Å². The van der Waals surface area contributed by atoms with Crippen LogP contribution in [0.2, 0.25) is 0 Å². The normalized spacial score (nSPS) is 14.1. The highest BCUT2D eigenvalue weighted by atomic mass is 16.5. The largest absolute Gasteiger partial charge is 0.497 e. The molecule has 0 aliphatic carbocycles. The summed E-state index contributed by atoms with van der Waals surface area (Å²) in [5.74, 6) is 0.441. The lowest BCUT2D eigenvalue weighted by molar-refractivity contribution is 0.0515. The molecule has 0 saturated heterocycles. The molecule has 0 atom stereocenters. The minimum atomic E-state index is -0.397. The number of carbonyl (C=O) groups is 1. The Kier molecular flexibility index (Phi) is 5.90. The second-order valence-electron chi connectivity index (χ2n) is 6.25. The first-order chi connectivity index (χ1) is 12.7. The molecule has 140 valence electrons. The number of benzene rings is 1. The van der Waals surface area contributed by atoms with E-state index in [-0.39, 0.29) is 6.61 Å². The van der Waals surface area contributed by atoms with Gasteiger partial charge in [0, 0.05) is 37.3 Å². The predicted octanol–water partition coefficient (Wildman–Crippen LogP) is 1.62. The highest BCUT2D eigenvalue weighted by molar-refractivity contribution is 5.89. The predicted molar refractivity (Wildman–Crippen MR) is 96.1 cm³/mol. The maximum atomic E-state index is 12.3. The summed E-state index contributed by atoms with van der Waals surface area (Å²) >= 11 is 0.